The highest BCUT2D eigenvalue weighted by atomic mass is 19.4. The van der Waals surface area contributed by atoms with E-state index >= 15 is 0 Å². The van der Waals surface area contributed by atoms with Crippen LogP contribution in [0.4, 0.5) is 26.3 Å². The lowest BCUT2D eigenvalue weighted by atomic mass is 9.97. The number of carbonyl (C=O) groups excluding carboxylic acids is 1. The maximum absolute atomic E-state index is 12.6. The van der Waals surface area contributed by atoms with Crippen LogP contribution in [-0.2, 0) is 22.1 Å². The number of halogens is 6. The van der Waals surface area contributed by atoms with E-state index in [1.165, 1.54) is 4.90 Å². The van der Waals surface area contributed by atoms with Crippen molar-refractivity contribution in [3.8, 4) is 0 Å². The maximum atomic E-state index is 12.6. The Morgan fingerprint density at radius 3 is 2.44 bits per heavy atom. The Kier molecular flexibility index (Phi) is 5.96. The molecule has 1 aliphatic rings. The van der Waals surface area contributed by atoms with Crippen molar-refractivity contribution in [1.29, 1.82) is 0 Å². The molecule has 0 atom stereocenters. The van der Waals surface area contributed by atoms with Crippen molar-refractivity contribution in [1.82, 2.24) is 15.1 Å². The number of hydrogen-bond donors (Lipinski definition) is 1. The molecule has 0 aliphatic carbocycles. The van der Waals surface area contributed by atoms with Gasteiger partial charge in [-0.05, 0) is 25.9 Å². The second-order valence-electron chi connectivity index (χ2n) is 5.85. The van der Waals surface area contributed by atoms with Crippen molar-refractivity contribution >= 4 is 5.97 Å². The number of rotatable bonds is 5. The van der Waals surface area contributed by atoms with Gasteiger partial charge in [0.2, 0.25) is 0 Å². The molecule has 1 N–H and O–H groups in total. The maximum Gasteiger partial charge on any atom is 0.433 e. The molecule has 2 heterocycles. The second kappa shape index (κ2) is 7.63. The first-order valence-corrected chi connectivity index (χ1v) is 7.61. The van der Waals surface area contributed by atoms with Crippen molar-refractivity contribution in [2.75, 3.05) is 26.2 Å². The van der Waals surface area contributed by atoms with Crippen LogP contribution in [0.3, 0.4) is 0 Å². The minimum atomic E-state index is -4.57. The summed E-state index contributed by atoms with van der Waals surface area (Å²) in [6, 6.07) is 0. The number of carbonyl (C=O) groups is 1. The normalized spacial score (nSPS) is 17.7. The molecule has 5 nitrogen and oxygen atoms in total. The molecule has 0 spiro atoms. The molecule has 0 amide bonds. The fourth-order valence-corrected chi connectivity index (χ4v) is 2.71. The number of alkyl halides is 6. The van der Waals surface area contributed by atoms with Gasteiger partial charge >= 0.3 is 18.3 Å². The van der Waals surface area contributed by atoms with Gasteiger partial charge in [-0.1, -0.05) is 0 Å². The molecule has 0 unspecified atom stereocenters. The zero-order valence-electron chi connectivity index (χ0n) is 13.1. The van der Waals surface area contributed by atoms with E-state index in [1.54, 1.807) is 0 Å². The van der Waals surface area contributed by atoms with Crippen LogP contribution in [0.5, 0.6) is 0 Å². The van der Waals surface area contributed by atoms with Crippen LogP contribution >= 0.6 is 0 Å². The highest BCUT2D eigenvalue weighted by Crippen LogP contribution is 2.30. The summed E-state index contributed by atoms with van der Waals surface area (Å²) in [4.78, 5) is 13.1. The third-order valence-electron chi connectivity index (χ3n) is 3.94. The minimum Gasteiger partial charge on any atom is -0.465 e. The summed E-state index contributed by atoms with van der Waals surface area (Å²) in [5, 5.41) is 5.19. The summed E-state index contributed by atoms with van der Waals surface area (Å²) in [7, 11) is 0. The average molecular weight is 373 g/mol. The van der Waals surface area contributed by atoms with Crippen molar-refractivity contribution in [3.63, 3.8) is 0 Å². The zero-order chi connectivity index (χ0) is 18.7. The van der Waals surface area contributed by atoms with Crippen molar-refractivity contribution in [3.05, 3.63) is 17.5 Å². The highest BCUT2D eigenvalue weighted by Gasteiger charge is 2.36. The molecule has 1 saturated heterocycles. The molecule has 25 heavy (non-hydrogen) atoms. The number of esters is 1. The van der Waals surface area contributed by atoms with E-state index in [1.807, 2.05) is 5.10 Å². The Labute approximate surface area is 139 Å². The van der Waals surface area contributed by atoms with Gasteiger partial charge in [-0.25, -0.2) is 0 Å². The van der Waals surface area contributed by atoms with Crippen LogP contribution in [-0.4, -0.2) is 53.5 Å². The molecule has 0 bridgehead atoms. The highest BCUT2D eigenvalue weighted by molar-refractivity contribution is 5.72. The van der Waals surface area contributed by atoms with Crippen LogP contribution in [0.2, 0.25) is 0 Å². The van der Waals surface area contributed by atoms with Crippen LogP contribution in [0.1, 0.15) is 24.1 Å². The van der Waals surface area contributed by atoms with Gasteiger partial charge in [0.1, 0.15) is 5.69 Å². The Morgan fingerprint density at radius 1 is 1.24 bits per heavy atom. The first kappa shape index (κ1) is 19.5. The molecule has 0 saturated carbocycles. The number of H-pyrrole nitrogens is 1. The number of piperidine rings is 1. The monoisotopic (exact) mass is 373 g/mol. The summed E-state index contributed by atoms with van der Waals surface area (Å²) in [6.45, 7) is -1.02. The molecule has 1 fully saturated rings. The molecule has 1 aliphatic heterocycles. The smallest absolute Gasteiger partial charge is 0.433 e. The fourth-order valence-electron chi connectivity index (χ4n) is 2.71. The summed E-state index contributed by atoms with van der Waals surface area (Å²) < 4.78 is 79.8. The summed E-state index contributed by atoms with van der Waals surface area (Å²) >= 11 is 0. The summed E-state index contributed by atoms with van der Waals surface area (Å²) in [6.07, 6.45) is -7.52. The minimum absolute atomic E-state index is 0.111. The molecular weight excluding hydrogens is 356 g/mol. The van der Waals surface area contributed by atoms with Gasteiger partial charge in [0, 0.05) is 12.0 Å². The van der Waals surface area contributed by atoms with Gasteiger partial charge in [0.25, 0.3) is 0 Å². The molecule has 1 aromatic heterocycles. The fraction of sp³-hybridized carbons (Fsp3) is 0.714. The van der Waals surface area contributed by atoms with Gasteiger partial charge < -0.3 is 4.74 Å². The van der Waals surface area contributed by atoms with Crippen LogP contribution in [0, 0.1) is 5.92 Å². The predicted octanol–water partition coefficient (Wildman–Crippen LogP) is 2.79. The van der Waals surface area contributed by atoms with Crippen LogP contribution in [0.15, 0.2) is 6.20 Å². The average Bonchev–Trinajstić information content (AvgIpc) is 2.95. The van der Waals surface area contributed by atoms with E-state index in [0.29, 0.717) is 0 Å². The van der Waals surface area contributed by atoms with E-state index in [2.05, 4.69) is 5.10 Å². The summed E-state index contributed by atoms with van der Waals surface area (Å²) in [5.74, 6) is -1.13. The predicted molar refractivity (Wildman–Crippen MR) is 73.5 cm³/mol. The molecule has 0 radical (unpaired) electrons. The van der Waals surface area contributed by atoms with Gasteiger partial charge in [0.15, 0.2) is 0 Å². The Hall–Kier alpha value is -1.78. The van der Waals surface area contributed by atoms with Crippen molar-refractivity contribution in [2.24, 2.45) is 5.92 Å². The molecular formula is C14H17F6N3O2. The molecule has 11 heteroatoms. The first-order valence-electron chi connectivity index (χ1n) is 7.61. The first-order chi connectivity index (χ1) is 11.6. The van der Waals surface area contributed by atoms with E-state index < -0.39 is 36.5 Å². The number of nitrogens with zero attached hydrogens (tertiary/aromatic N) is 2. The third kappa shape index (κ3) is 5.91. The molecule has 2 rings (SSSR count). The molecule has 142 valence electrons. The van der Waals surface area contributed by atoms with Gasteiger partial charge in [-0.15, -0.1) is 0 Å². The van der Waals surface area contributed by atoms with Crippen LogP contribution in [0.25, 0.3) is 0 Å². The number of hydrogen-bond acceptors (Lipinski definition) is 4. The molecule has 1 aromatic rings. The van der Waals surface area contributed by atoms with E-state index in [9.17, 15) is 31.1 Å². The Bertz CT molecular complexity index is 576. The topological polar surface area (TPSA) is 58.2 Å². The van der Waals surface area contributed by atoms with Gasteiger partial charge in [-0.3, -0.25) is 14.8 Å². The quantitative estimate of drug-likeness (QED) is 0.637. The lowest BCUT2D eigenvalue weighted by Gasteiger charge is -2.31. The number of ether oxygens (including phenoxy) is 1. The van der Waals surface area contributed by atoms with E-state index in [4.69, 9.17) is 4.74 Å². The third-order valence-corrected chi connectivity index (χ3v) is 3.94. The van der Waals surface area contributed by atoms with E-state index in [-0.39, 0.29) is 44.5 Å². The van der Waals surface area contributed by atoms with Crippen LogP contribution < -0.4 is 0 Å². The summed E-state index contributed by atoms with van der Waals surface area (Å²) in [5.41, 5.74) is -1.09. The van der Waals surface area contributed by atoms with Gasteiger partial charge in [-0.2, -0.15) is 31.4 Å². The molecule has 0 aromatic carbocycles. The number of nitrogens with one attached hydrogen (secondary N) is 1. The second-order valence-corrected chi connectivity index (χ2v) is 5.85. The van der Waals surface area contributed by atoms with E-state index in [0.717, 1.165) is 6.20 Å². The lowest BCUT2D eigenvalue weighted by Crippen LogP contribution is -2.41. The number of aromatic nitrogens is 2. The van der Waals surface area contributed by atoms with Crippen molar-refractivity contribution in [2.45, 2.75) is 31.6 Å². The van der Waals surface area contributed by atoms with Crippen molar-refractivity contribution < 1.29 is 35.9 Å². The zero-order valence-corrected chi connectivity index (χ0v) is 13.1. The number of aromatic amines is 1. The Morgan fingerprint density at radius 2 is 1.88 bits per heavy atom. The Balaban J connectivity index is 1.74. The SMILES string of the molecule is O=C(OCCc1cn[nH]c1C(F)(F)F)C1CCN(CC(F)(F)F)CC1. The lowest BCUT2D eigenvalue weighted by molar-refractivity contribution is -0.156. The largest absolute Gasteiger partial charge is 0.465 e. The number of likely N-dealkylation sites (tertiary alicyclic amines) is 1. The van der Waals surface area contributed by atoms with Gasteiger partial charge in [0.05, 0.1) is 25.3 Å². The standard InChI is InChI=1S/C14H17F6N3O2/c15-13(16,17)8-23-4-1-9(2-5-23)12(24)25-6-3-10-7-21-22-11(10)14(18,19)20/h7,9H,1-6,8H2,(H,21,22).